The van der Waals surface area contributed by atoms with Gasteiger partial charge in [0.15, 0.2) is 5.82 Å². The van der Waals surface area contributed by atoms with Crippen molar-refractivity contribution in [1.29, 1.82) is 0 Å². The molecule has 3 heterocycles. The fraction of sp³-hybridized carbons (Fsp3) is 0.409. The van der Waals surface area contributed by atoms with Crippen molar-refractivity contribution in [2.75, 3.05) is 18.5 Å². The average molecular weight is 393 g/mol. The van der Waals surface area contributed by atoms with E-state index in [0.717, 1.165) is 49.5 Å². The number of benzene rings is 1. The van der Waals surface area contributed by atoms with Crippen LogP contribution in [0.2, 0.25) is 0 Å². The highest BCUT2D eigenvalue weighted by Gasteiger charge is 2.21. The third-order valence-corrected chi connectivity index (χ3v) is 7.10. The van der Waals surface area contributed by atoms with Crippen molar-refractivity contribution < 1.29 is 4.90 Å². The molecule has 1 aromatic carbocycles. The standard InChI is InChI=1S/C22H25N5S/c1-2-6-16(7-3-1)14-27-12-10-17(11-13-27)25-26-21-20-18-8-4-5-9-19(18)28-22(20)24-15-23-21/h1-3,6-7,15H,4-5,8-14H2,(H,23,24,26)/p+1. The van der Waals surface area contributed by atoms with E-state index in [2.05, 4.69) is 45.7 Å². The number of fused-ring (bicyclic) bond motifs is 3. The maximum absolute atomic E-state index is 4.74. The van der Waals surface area contributed by atoms with E-state index in [1.807, 2.05) is 11.3 Å². The van der Waals surface area contributed by atoms with Crippen molar-refractivity contribution in [3.05, 3.63) is 52.7 Å². The van der Waals surface area contributed by atoms with Gasteiger partial charge in [-0.2, -0.15) is 5.10 Å². The first-order valence-electron chi connectivity index (χ1n) is 10.3. The molecule has 0 unspecified atom stereocenters. The molecule has 0 saturated carbocycles. The van der Waals surface area contributed by atoms with Crippen LogP contribution in [0.3, 0.4) is 0 Å². The minimum atomic E-state index is 0.885. The van der Waals surface area contributed by atoms with E-state index in [9.17, 15) is 0 Å². The van der Waals surface area contributed by atoms with Crippen molar-refractivity contribution in [1.82, 2.24) is 9.97 Å². The molecule has 2 aromatic heterocycles. The van der Waals surface area contributed by atoms with Crippen molar-refractivity contribution in [2.45, 2.75) is 45.1 Å². The maximum atomic E-state index is 4.74. The third-order valence-electron chi connectivity index (χ3n) is 5.90. The number of hydrazone groups is 1. The molecule has 1 aliphatic heterocycles. The van der Waals surface area contributed by atoms with Gasteiger partial charge in [0.25, 0.3) is 0 Å². The van der Waals surface area contributed by atoms with Crippen LogP contribution in [0.15, 0.2) is 41.8 Å². The minimum absolute atomic E-state index is 0.885. The van der Waals surface area contributed by atoms with Gasteiger partial charge in [0.05, 0.1) is 18.5 Å². The summed E-state index contributed by atoms with van der Waals surface area (Å²) >= 11 is 1.83. The molecule has 1 aliphatic carbocycles. The van der Waals surface area contributed by atoms with Crippen LogP contribution in [0.5, 0.6) is 0 Å². The number of hydrogen-bond acceptors (Lipinski definition) is 5. The number of aryl methyl sites for hydroxylation is 2. The molecule has 5 nitrogen and oxygen atoms in total. The van der Waals surface area contributed by atoms with Crippen LogP contribution in [0.1, 0.15) is 41.7 Å². The molecule has 5 rings (SSSR count). The summed E-state index contributed by atoms with van der Waals surface area (Å²) in [6.45, 7) is 3.39. The van der Waals surface area contributed by atoms with Gasteiger partial charge in [0.2, 0.25) is 0 Å². The molecule has 0 radical (unpaired) electrons. The van der Waals surface area contributed by atoms with E-state index in [1.165, 1.54) is 46.4 Å². The lowest BCUT2D eigenvalue weighted by Crippen LogP contribution is -3.11. The molecule has 0 atom stereocenters. The highest BCUT2D eigenvalue weighted by atomic mass is 32.1. The molecule has 1 fully saturated rings. The summed E-state index contributed by atoms with van der Waals surface area (Å²) in [5.74, 6) is 0.885. The number of quaternary nitrogens is 1. The predicted octanol–water partition coefficient (Wildman–Crippen LogP) is 3.22. The van der Waals surface area contributed by atoms with Crippen molar-refractivity contribution in [3.8, 4) is 0 Å². The summed E-state index contributed by atoms with van der Waals surface area (Å²) in [7, 11) is 0. The van der Waals surface area contributed by atoms with Crippen molar-refractivity contribution in [3.63, 3.8) is 0 Å². The zero-order chi connectivity index (χ0) is 18.8. The molecule has 28 heavy (non-hydrogen) atoms. The van der Waals surface area contributed by atoms with Gasteiger partial charge in [-0.25, -0.2) is 9.97 Å². The SMILES string of the molecule is c1ccc(C[NH+]2CCC(=NNc3ncnc4sc5c(c34)CCCC5)CC2)cc1. The first-order chi connectivity index (χ1) is 13.9. The molecule has 6 heteroatoms. The van der Waals surface area contributed by atoms with Gasteiger partial charge in [-0.05, 0) is 31.2 Å². The summed E-state index contributed by atoms with van der Waals surface area (Å²) in [4.78, 5) is 13.3. The first-order valence-corrected chi connectivity index (χ1v) is 11.1. The fourth-order valence-electron chi connectivity index (χ4n) is 4.37. The lowest BCUT2D eigenvalue weighted by atomic mass is 9.97. The van der Waals surface area contributed by atoms with E-state index in [0.29, 0.717) is 0 Å². The average Bonchev–Trinajstić information content (AvgIpc) is 3.13. The zero-order valence-electron chi connectivity index (χ0n) is 16.1. The minimum Gasteiger partial charge on any atom is -0.331 e. The largest absolute Gasteiger partial charge is 0.331 e. The number of likely N-dealkylation sites (tertiary alicyclic amines) is 1. The molecule has 0 spiro atoms. The number of hydrogen-bond donors (Lipinski definition) is 2. The molecule has 3 aromatic rings. The topological polar surface area (TPSA) is 54.6 Å². The Hall–Kier alpha value is -2.31. The zero-order valence-corrected chi connectivity index (χ0v) is 16.9. The lowest BCUT2D eigenvalue weighted by molar-refractivity contribution is -0.914. The number of thiophene rings is 1. The monoisotopic (exact) mass is 392 g/mol. The van der Waals surface area contributed by atoms with E-state index in [-0.39, 0.29) is 0 Å². The highest BCUT2D eigenvalue weighted by molar-refractivity contribution is 7.19. The van der Waals surface area contributed by atoms with Crippen molar-refractivity contribution in [2.24, 2.45) is 5.10 Å². The highest BCUT2D eigenvalue weighted by Crippen LogP contribution is 2.38. The third kappa shape index (κ3) is 3.66. The quantitative estimate of drug-likeness (QED) is 0.671. The van der Waals surface area contributed by atoms with Gasteiger partial charge < -0.3 is 4.90 Å². The number of anilines is 1. The van der Waals surface area contributed by atoms with Crippen LogP contribution in [0.4, 0.5) is 5.82 Å². The normalized spacial score (nSPS) is 19.4. The van der Waals surface area contributed by atoms with E-state index in [1.54, 1.807) is 11.2 Å². The summed E-state index contributed by atoms with van der Waals surface area (Å²) in [6, 6.07) is 10.8. The van der Waals surface area contributed by atoms with Gasteiger partial charge in [-0.1, -0.05) is 30.3 Å². The summed E-state index contributed by atoms with van der Waals surface area (Å²) in [6.07, 6.45) is 8.65. The van der Waals surface area contributed by atoms with Gasteiger partial charge in [0, 0.05) is 29.0 Å². The predicted molar refractivity (Wildman–Crippen MR) is 115 cm³/mol. The van der Waals surface area contributed by atoms with Crippen LogP contribution >= 0.6 is 11.3 Å². The molecule has 2 N–H and O–H groups in total. The Morgan fingerprint density at radius 2 is 1.82 bits per heavy atom. The van der Waals surface area contributed by atoms with Crippen LogP contribution in [-0.4, -0.2) is 28.8 Å². The summed E-state index contributed by atoms with van der Waals surface area (Å²) in [5, 5.41) is 5.95. The lowest BCUT2D eigenvalue weighted by Gasteiger charge is -2.24. The Kier molecular flexibility index (Phi) is 5.06. The van der Waals surface area contributed by atoms with Crippen LogP contribution in [-0.2, 0) is 19.4 Å². The Labute approximate surface area is 169 Å². The number of aromatic nitrogens is 2. The smallest absolute Gasteiger partial charge is 0.158 e. The second-order valence-electron chi connectivity index (χ2n) is 7.82. The molecule has 0 amide bonds. The Balaban J connectivity index is 1.27. The van der Waals surface area contributed by atoms with Crippen LogP contribution in [0, 0.1) is 0 Å². The number of nitrogens with one attached hydrogen (secondary N) is 2. The molecule has 2 aliphatic rings. The van der Waals surface area contributed by atoms with Gasteiger partial charge in [-0.3, -0.25) is 5.43 Å². The number of piperidine rings is 1. The van der Waals surface area contributed by atoms with Gasteiger partial charge >= 0.3 is 0 Å². The van der Waals surface area contributed by atoms with E-state index in [4.69, 9.17) is 5.10 Å². The molecule has 144 valence electrons. The Morgan fingerprint density at radius 3 is 2.68 bits per heavy atom. The molecular weight excluding hydrogens is 366 g/mol. The molecular formula is C22H26N5S+. The number of rotatable bonds is 4. The molecule has 1 saturated heterocycles. The Morgan fingerprint density at radius 1 is 1.00 bits per heavy atom. The fourth-order valence-corrected chi connectivity index (χ4v) is 5.60. The first kappa shape index (κ1) is 17.8. The van der Waals surface area contributed by atoms with E-state index >= 15 is 0 Å². The Bertz CT molecular complexity index is 985. The summed E-state index contributed by atoms with van der Waals surface area (Å²) < 4.78 is 0. The molecule has 0 bridgehead atoms. The van der Waals surface area contributed by atoms with Gasteiger partial charge in [0.1, 0.15) is 17.7 Å². The van der Waals surface area contributed by atoms with Crippen molar-refractivity contribution >= 4 is 33.1 Å². The van der Waals surface area contributed by atoms with Crippen LogP contribution < -0.4 is 10.3 Å². The summed E-state index contributed by atoms with van der Waals surface area (Å²) in [5.41, 5.74) is 7.42. The van der Waals surface area contributed by atoms with E-state index < -0.39 is 0 Å². The number of nitrogens with zero attached hydrogens (tertiary/aromatic N) is 3. The second-order valence-corrected chi connectivity index (χ2v) is 8.90. The second kappa shape index (κ2) is 7.97. The maximum Gasteiger partial charge on any atom is 0.158 e. The van der Waals surface area contributed by atoms with Gasteiger partial charge in [-0.15, -0.1) is 11.3 Å². The van der Waals surface area contributed by atoms with Crippen LogP contribution in [0.25, 0.3) is 10.2 Å².